The molecular formula is C19H37N7O5. The third-order valence-electron chi connectivity index (χ3n) is 4.81. The highest BCUT2D eigenvalue weighted by Gasteiger charge is 2.32. The minimum absolute atomic E-state index is 0.0853. The van der Waals surface area contributed by atoms with Crippen molar-refractivity contribution in [2.24, 2.45) is 34.0 Å². The van der Waals surface area contributed by atoms with Crippen molar-refractivity contribution < 1.29 is 24.3 Å². The van der Waals surface area contributed by atoms with Crippen LogP contribution in [-0.4, -0.2) is 66.0 Å². The minimum Gasteiger partial charge on any atom is -0.480 e. The van der Waals surface area contributed by atoms with E-state index in [2.05, 4.69) is 20.9 Å². The number of hydrogen-bond donors (Lipinski definition) is 7. The summed E-state index contributed by atoms with van der Waals surface area (Å²) in [5.41, 5.74) is 15.9. The van der Waals surface area contributed by atoms with E-state index in [1.807, 2.05) is 6.92 Å². The van der Waals surface area contributed by atoms with Crippen molar-refractivity contribution in [3.05, 3.63) is 0 Å². The zero-order valence-corrected chi connectivity index (χ0v) is 18.7. The van der Waals surface area contributed by atoms with Gasteiger partial charge in [-0.2, -0.15) is 0 Å². The first-order valence-electron chi connectivity index (χ1n) is 10.3. The molecule has 0 rings (SSSR count). The van der Waals surface area contributed by atoms with Gasteiger partial charge in [-0.05, 0) is 24.7 Å². The zero-order chi connectivity index (χ0) is 24.1. The molecule has 4 unspecified atom stereocenters. The van der Waals surface area contributed by atoms with Crippen LogP contribution >= 0.6 is 0 Å². The highest BCUT2D eigenvalue weighted by molar-refractivity contribution is 5.93. The second kappa shape index (κ2) is 14.2. The lowest BCUT2D eigenvalue weighted by Gasteiger charge is -2.28. The predicted octanol–water partition coefficient (Wildman–Crippen LogP) is -1.76. The molecule has 178 valence electrons. The first-order valence-corrected chi connectivity index (χ1v) is 10.3. The van der Waals surface area contributed by atoms with Gasteiger partial charge in [0.2, 0.25) is 17.7 Å². The molecule has 4 atom stereocenters. The summed E-state index contributed by atoms with van der Waals surface area (Å²) in [5, 5.41) is 17.0. The number of guanidine groups is 1. The van der Waals surface area contributed by atoms with Gasteiger partial charge in [-0.25, -0.2) is 4.79 Å². The van der Waals surface area contributed by atoms with Crippen LogP contribution in [0.4, 0.5) is 0 Å². The molecule has 0 aromatic rings. The van der Waals surface area contributed by atoms with E-state index < -0.39 is 41.8 Å². The molecule has 0 aromatic heterocycles. The van der Waals surface area contributed by atoms with Gasteiger partial charge in [0.25, 0.3) is 0 Å². The maximum atomic E-state index is 12.8. The van der Waals surface area contributed by atoms with E-state index in [0.29, 0.717) is 12.8 Å². The SMILES string of the molecule is CCC(C)C(NC(=O)C(NC(=O)C(CCCN=C(N)N)NC(=O)CN)C(C)C)C(=O)O. The Kier molecular flexibility index (Phi) is 12.9. The van der Waals surface area contributed by atoms with Crippen LogP contribution in [0.3, 0.4) is 0 Å². The number of aliphatic carboxylic acids is 1. The van der Waals surface area contributed by atoms with Crippen LogP contribution in [0.5, 0.6) is 0 Å². The summed E-state index contributed by atoms with van der Waals surface area (Å²) in [4.78, 5) is 52.6. The molecule has 0 saturated carbocycles. The van der Waals surface area contributed by atoms with E-state index in [9.17, 15) is 24.3 Å². The Morgan fingerprint density at radius 2 is 1.55 bits per heavy atom. The Hall–Kier alpha value is -2.89. The molecule has 0 aromatic carbocycles. The van der Waals surface area contributed by atoms with Gasteiger partial charge in [0, 0.05) is 6.54 Å². The summed E-state index contributed by atoms with van der Waals surface area (Å²) in [6.45, 7) is 6.93. The van der Waals surface area contributed by atoms with Crippen molar-refractivity contribution in [2.75, 3.05) is 13.1 Å². The molecule has 0 aliphatic heterocycles. The molecule has 12 nitrogen and oxygen atoms in total. The number of nitrogens with two attached hydrogens (primary N) is 3. The van der Waals surface area contributed by atoms with Crippen LogP contribution < -0.4 is 33.2 Å². The largest absolute Gasteiger partial charge is 0.480 e. The molecule has 0 heterocycles. The number of hydrogen-bond acceptors (Lipinski definition) is 6. The zero-order valence-electron chi connectivity index (χ0n) is 18.7. The van der Waals surface area contributed by atoms with Gasteiger partial charge in [-0.1, -0.05) is 34.1 Å². The predicted molar refractivity (Wildman–Crippen MR) is 117 cm³/mol. The van der Waals surface area contributed by atoms with Crippen molar-refractivity contribution in [1.29, 1.82) is 0 Å². The summed E-state index contributed by atoms with van der Waals surface area (Å²) in [6.07, 6.45) is 1.17. The van der Waals surface area contributed by atoms with Crippen molar-refractivity contribution >= 4 is 29.7 Å². The first-order chi connectivity index (χ1) is 14.4. The number of carbonyl (C=O) groups excluding carboxylic acids is 3. The second-order valence-electron chi connectivity index (χ2n) is 7.71. The van der Waals surface area contributed by atoms with E-state index in [1.54, 1.807) is 20.8 Å². The number of aliphatic imine (C=N–C) groups is 1. The van der Waals surface area contributed by atoms with Gasteiger partial charge >= 0.3 is 5.97 Å². The van der Waals surface area contributed by atoms with Gasteiger partial charge in [-0.3, -0.25) is 19.4 Å². The van der Waals surface area contributed by atoms with Gasteiger partial charge in [-0.15, -0.1) is 0 Å². The third kappa shape index (κ3) is 10.6. The molecule has 3 amide bonds. The summed E-state index contributed by atoms with van der Waals surface area (Å²) in [6, 6.07) is -3.03. The number of carboxylic acids is 1. The lowest BCUT2D eigenvalue weighted by molar-refractivity contribution is -0.144. The molecule has 0 aliphatic carbocycles. The second-order valence-corrected chi connectivity index (χ2v) is 7.71. The van der Waals surface area contributed by atoms with Crippen LogP contribution in [0.1, 0.15) is 47.0 Å². The van der Waals surface area contributed by atoms with Crippen LogP contribution in [-0.2, 0) is 19.2 Å². The molecule has 0 radical (unpaired) electrons. The highest BCUT2D eigenvalue weighted by Crippen LogP contribution is 2.10. The fourth-order valence-corrected chi connectivity index (χ4v) is 2.74. The van der Waals surface area contributed by atoms with Crippen LogP contribution in [0.15, 0.2) is 4.99 Å². The highest BCUT2D eigenvalue weighted by atomic mass is 16.4. The number of carboxylic acid groups (broad SMARTS) is 1. The standard InChI is InChI=1S/C19H37N7O5/c1-5-11(4)15(18(30)31)26-17(29)14(10(2)3)25-16(28)12(24-13(27)9-20)7-6-8-23-19(21)22/h10-12,14-15H,5-9,20H2,1-4H3,(H,24,27)(H,25,28)(H,26,29)(H,30,31)(H4,21,22,23). The topological polar surface area (TPSA) is 215 Å². The van der Waals surface area contributed by atoms with E-state index >= 15 is 0 Å². The number of rotatable bonds is 14. The average molecular weight is 444 g/mol. The molecule has 0 bridgehead atoms. The Labute approximate surface area is 182 Å². The maximum Gasteiger partial charge on any atom is 0.326 e. The molecule has 12 heteroatoms. The Morgan fingerprint density at radius 3 is 2.00 bits per heavy atom. The monoisotopic (exact) mass is 443 g/mol. The quantitative estimate of drug-likeness (QED) is 0.0924. The van der Waals surface area contributed by atoms with Gasteiger partial charge in [0.15, 0.2) is 5.96 Å². The lowest BCUT2D eigenvalue weighted by atomic mass is 9.97. The summed E-state index contributed by atoms with van der Waals surface area (Å²) < 4.78 is 0. The smallest absolute Gasteiger partial charge is 0.326 e. The fourth-order valence-electron chi connectivity index (χ4n) is 2.74. The molecule has 0 spiro atoms. The number of nitrogens with one attached hydrogen (secondary N) is 3. The van der Waals surface area contributed by atoms with Crippen molar-refractivity contribution in [3.8, 4) is 0 Å². The number of nitrogens with zero attached hydrogens (tertiary/aromatic N) is 1. The molecule has 10 N–H and O–H groups in total. The minimum atomic E-state index is -1.15. The van der Waals surface area contributed by atoms with Crippen molar-refractivity contribution in [2.45, 2.75) is 65.1 Å². The molecule has 0 fully saturated rings. The van der Waals surface area contributed by atoms with Crippen molar-refractivity contribution in [3.63, 3.8) is 0 Å². The lowest BCUT2D eigenvalue weighted by Crippen LogP contribution is -2.58. The average Bonchev–Trinajstić information content (AvgIpc) is 2.70. The van der Waals surface area contributed by atoms with Crippen LogP contribution in [0.25, 0.3) is 0 Å². The first kappa shape index (κ1) is 28.1. The Bertz CT molecular complexity index is 650. The summed E-state index contributed by atoms with van der Waals surface area (Å²) >= 11 is 0. The van der Waals surface area contributed by atoms with E-state index in [1.165, 1.54) is 0 Å². The van der Waals surface area contributed by atoms with E-state index in [4.69, 9.17) is 17.2 Å². The Morgan fingerprint density at radius 1 is 0.968 bits per heavy atom. The van der Waals surface area contributed by atoms with Gasteiger partial charge < -0.3 is 38.3 Å². The normalized spacial score (nSPS) is 14.6. The molecule has 31 heavy (non-hydrogen) atoms. The van der Waals surface area contributed by atoms with Gasteiger partial charge in [0.05, 0.1) is 6.54 Å². The summed E-state index contributed by atoms with van der Waals surface area (Å²) in [5.74, 6) is -3.59. The Balaban J connectivity index is 5.34. The molecule has 0 aliphatic rings. The van der Waals surface area contributed by atoms with Gasteiger partial charge in [0.1, 0.15) is 18.1 Å². The van der Waals surface area contributed by atoms with E-state index in [0.717, 1.165) is 0 Å². The van der Waals surface area contributed by atoms with E-state index in [-0.39, 0.29) is 37.3 Å². The number of amides is 3. The maximum absolute atomic E-state index is 12.8. The molecular weight excluding hydrogens is 406 g/mol. The van der Waals surface area contributed by atoms with Crippen molar-refractivity contribution in [1.82, 2.24) is 16.0 Å². The summed E-state index contributed by atoms with van der Waals surface area (Å²) in [7, 11) is 0. The van der Waals surface area contributed by atoms with Crippen LogP contribution in [0, 0.1) is 11.8 Å². The molecule has 0 saturated heterocycles. The number of carbonyl (C=O) groups is 4. The fraction of sp³-hybridized carbons (Fsp3) is 0.737. The van der Waals surface area contributed by atoms with Crippen LogP contribution in [0.2, 0.25) is 0 Å². The third-order valence-corrected chi connectivity index (χ3v) is 4.81.